The number of fused-ring (bicyclic) bond motifs is 1. The lowest BCUT2D eigenvalue weighted by Gasteiger charge is -2.10. The number of ether oxygens (including phenoxy) is 1. The summed E-state index contributed by atoms with van der Waals surface area (Å²) < 4.78 is 34.2. The standard InChI is InChI=1S/C19H17F2N5O/c1-27-14-8-11(20)7-12-15(14)24-18(23)26-17(12)25-16(22)13-9-19(13,21)10-5-3-2-4-6-10/h2-8,13H,9H2,1H3,(H4,22,23,24,25,26). The van der Waals surface area contributed by atoms with Crippen molar-refractivity contribution in [2.24, 2.45) is 16.6 Å². The first-order valence-corrected chi connectivity index (χ1v) is 8.31. The van der Waals surface area contributed by atoms with Gasteiger partial charge in [0.1, 0.15) is 28.6 Å². The molecule has 0 radical (unpaired) electrons. The summed E-state index contributed by atoms with van der Waals surface area (Å²) in [6.07, 6.45) is 0.225. The minimum atomic E-state index is -1.56. The van der Waals surface area contributed by atoms with Gasteiger partial charge >= 0.3 is 0 Å². The van der Waals surface area contributed by atoms with Crippen molar-refractivity contribution in [3.63, 3.8) is 0 Å². The Balaban J connectivity index is 1.76. The van der Waals surface area contributed by atoms with Gasteiger partial charge in [-0.3, -0.25) is 0 Å². The van der Waals surface area contributed by atoms with Crippen molar-refractivity contribution in [2.45, 2.75) is 12.1 Å². The summed E-state index contributed by atoms with van der Waals surface area (Å²) in [5, 5.41) is 0.286. The van der Waals surface area contributed by atoms with Gasteiger partial charge in [-0.2, -0.15) is 4.98 Å². The Labute approximate surface area is 153 Å². The molecule has 2 aromatic carbocycles. The van der Waals surface area contributed by atoms with E-state index < -0.39 is 17.4 Å². The molecule has 0 aliphatic heterocycles. The van der Waals surface area contributed by atoms with Gasteiger partial charge in [-0.25, -0.2) is 18.8 Å². The predicted octanol–water partition coefficient (Wildman–Crippen LogP) is 3.23. The van der Waals surface area contributed by atoms with Crippen LogP contribution in [0.1, 0.15) is 12.0 Å². The summed E-state index contributed by atoms with van der Waals surface area (Å²) in [5.41, 5.74) is 11.1. The number of methoxy groups -OCH3 is 1. The van der Waals surface area contributed by atoms with Crippen LogP contribution in [0.25, 0.3) is 10.9 Å². The molecule has 0 spiro atoms. The molecule has 1 aliphatic carbocycles. The van der Waals surface area contributed by atoms with E-state index in [0.717, 1.165) is 0 Å². The van der Waals surface area contributed by atoms with Crippen molar-refractivity contribution in [2.75, 3.05) is 12.8 Å². The van der Waals surface area contributed by atoms with Gasteiger partial charge in [0.2, 0.25) is 5.95 Å². The molecule has 6 nitrogen and oxygen atoms in total. The number of hydrogen-bond acceptors (Lipinski definition) is 5. The zero-order chi connectivity index (χ0) is 19.2. The summed E-state index contributed by atoms with van der Waals surface area (Å²) in [6.45, 7) is 0. The van der Waals surface area contributed by atoms with E-state index in [-0.39, 0.29) is 35.2 Å². The van der Waals surface area contributed by atoms with Gasteiger partial charge < -0.3 is 16.2 Å². The number of benzene rings is 2. The monoisotopic (exact) mass is 369 g/mol. The van der Waals surface area contributed by atoms with E-state index in [1.54, 1.807) is 24.3 Å². The average molecular weight is 369 g/mol. The Morgan fingerprint density at radius 3 is 2.70 bits per heavy atom. The Kier molecular flexibility index (Phi) is 3.91. The van der Waals surface area contributed by atoms with Crippen LogP contribution in [0.15, 0.2) is 47.5 Å². The smallest absolute Gasteiger partial charge is 0.222 e. The molecule has 1 fully saturated rings. The number of nitrogen functional groups attached to an aromatic ring is 1. The Hall–Kier alpha value is -3.29. The van der Waals surface area contributed by atoms with E-state index in [1.165, 1.54) is 19.2 Å². The van der Waals surface area contributed by atoms with Gasteiger partial charge in [-0.15, -0.1) is 0 Å². The molecule has 2 atom stereocenters. The molecule has 1 aliphatic rings. The summed E-state index contributed by atoms with van der Waals surface area (Å²) in [4.78, 5) is 12.4. The van der Waals surface area contributed by atoms with E-state index in [4.69, 9.17) is 16.2 Å². The van der Waals surface area contributed by atoms with Crippen LogP contribution in [0, 0.1) is 11.7 Å². The third kappa shape index (κ3) is 2.92. The maximum atomic E-state index is 15.1. The van der Waals surface area contributed by atoms with Gasteiger partial charge in [0.25, 0.3) is 0 Å². The second-order valence-corrected chi connectivity index (χ2v) is 6.43. The summed E-state index contributed by atoms with van der Waals surface area (Å²) in [7, 11) is 1.39. The Morgan fingerprint density at radius 1 is 1.26 bits per heavy atom. The molecule has 3 aromatic rings. The van der Waals surface area contributed by atoms with Crippen molar-refractivity contribution < 1.29 is 13.5 Å². The fraction of sp³-hybridized carbons (Fsp3) is 0.211. The van der Waals surface area contributed by atoms with Crippen molar-refractivity contribution in [3.8, 4) is 5.75 Å². The van der Waals surface area contributed by atoms with Crippen LogP contribution in [-0.2, 0) is 5.67 Å². The lowest BCUT2D eigenvalue weighted by Crippen LogP contribution is -2.19. The minimum Gasteiger partial charge on any atom is -0.494 e. The number of nitrogens with two attached hydrogens (primary N) is 2. The lowest BCUT2D eigenvalue weighted by atomic mass is 10.1. The summed E-state index contributed by atoms with van der Waals surface area (Å²) in [6, 6.07) is 11.2. The number of halogens is 2. The molecule has 0 saturated heterocycles. The molecule has 138 valence electrons. The maximum Gasteiger partial charge on any atom is 0.222 e. The molecule has 4 N–H and O–H groups in total. The highest BCUT2D eigenvalue weighted by Crippen LogP contribution is 2.55. The molecule has 1 heterocycles. The first kappa shape index (κ1) is 17.1. The molecule has 1 saturated carbocycles. The molecule has 4 rings (SSSR count). The number of anilines is 1. The zero-order valence-electron chi connectivity index (χ0n) is 14.5. The SMILES string of the molecule is COc1cc(F)cc2c(N=C(N)C3CC3(F)c3ccccc3)nc(N)nc12. The fourth-order valence-electron chi connectivity index (χ4n) is 3.22. The minimum absolute atomic E-state index is 0.0654. The molecule has 8 heteroatoms. The largest absolute Gasteiger partial charge is 0.494 e. The van der Waals surface area contributed by atoms with Crippen LogP contribution in [0.5, 0.6) is 5.75 Å². The lowest BCUT2D eigenvalue weighted by molar-refractivity contribution is 0.304. The van der Waals surface area contributed by atoms with E-state index in [1.807, 2.05) is 6.07 Å². The van der Waals surface area contributed by atoms with Gasteiger partial charge in [-0.05, 0) is 18.1 Å². The van der Waals surface area contributed by atoms with E-state index in [2.05, 4.69) is 15.0 Å². The van der Waals surface area contributed by atoms with Crippen molar-refractivity contribution >= 4 is 28.5 Å². The highest BCUT2D eigenvalue weighted by atomic mass is 19.1. The van der Waals surface area contributed by atoms with Crippen molar-refractivity contribution in [3.05, 3.63) is 53.8 Å². The first-order valence-electron chi connectivity index (χ1n) is 8.31. The van der Waals surface area contributed by atoms with Crippen LogP contribution in [0.3, 0.4) is 0 Å². The molecule has 0 bridgehead atoms. The van der Waals surface area contributed by atoms with Gasteiger partial charge in [-0.1, -0.05) is 30.3 Å². The molecule has 0 amide bonds. The molecule has 1 aromatic heterocycles. The van der Waals surface area contributed by atoms with Gasteiger partial charge in [0.15, 0.2) is 5.82 Å². The highest BCUT2D eigenvalue weighted by Gasteiger charge is 2.58. The van der Waals surface area contributed by atoms with Gasteiger partial charge in [0.05, 0.1) is 18.4 Å². The van der Waals surface area contributed by atoms with Crippen molar-refractivity contribution in [1.29, 1.82) is 0 Å². The number of nitrogens with zero attached hydrogens (tertiary/aromatic N) is 3. The molecule has 2 unspecified atom stereocenters. The van der Waals surface area contributed by atoms with E-state index in [9.17, 15) is 4.39 Å². The average Bonchev–Trinajstić information content (AvgIpc) is 3.36. The van der Waals surface area contributed by atoms with Crippen LogP contribution >= 0.6 is 0 Å². The Morgan fingerprint density at radius 2 is 2.00 bits per heavy atom. The van der Waals surface area contributed by atoms with Crippen LogP contribution in [0.2, 0.25) is 0 Å². The number of alkyl halides is 1. The summed E-state index contributed by atoms with van der Waals surface area (Å²) in [5.74, 6) is -0.840. The Bertz CT molecular complexity index is 1060. The maximum absolute atomic E-state index is 15.1. The molecule has 27 heavy (non-hydrogen) atoms. The molecular weight excluding hydrogens is 352 g/mol. The van der Waals surface area contributed by atoms with Crippen molar-refractivity contribution in [1.82, 2.24) is 9.97 Å². The van der Waals surface area contributed by atoms with Crippen LogP contribution in [-0.4, -0.2) is 22.9 Å². The second kappa shape index (κ2) is 6.15. The fourth-order valence-corrected chi connectivity index (χ4v) is 3.22. The third-order valence-electron chi connectivity index (χ3n) is 4.69. The second-order valence-electron chi connectivity index (χ2n) is 6.43. The number of rotatable bonds is 4. The van der Waals surface area contributed by atoms with Gasteiger partial charge in [0, 0.05) is 6.07 Å². The first-order chi connectivity index (χ1) is 12.9. The summed E-state index contributed by atoms with van der Waals surface area (Å²) >= 11 is 0. The quantitative estimate of drug-likeness (QED) is 0.543. The predicted molar refractivity (Wildman–Crippen MR) is 99.1 cm³/mol. The number of hydrogen-bond donors (Lipinski definition) is 2. The zero-order valence-corrected chi connectivity index (χ0v) is 14.5. The van der Waals surface area contributed by atoms with Crippen LogP contribution < -0.4 is 16.2 Å². The van der Waals surface area contributed by atoms with E-state index >= 15 is 4.39 Å². The van der Waals surface area contributed by atoms with Crippen LogP contribution in [0.4, 0.5) is 20.5 Å². The normalized spacial score (nSPS) is 22.0. The number of aliphatic imine (C=N–C) groups is 1. The molecular formula is C19H17F2N5O. The topological polar surface area (TPSA) is 99.4 Å². The third-order valence-corrected chi connectivity index (χ3v) is 4.69. The van der Waals surface area contributed by atoms with E-state index in [0.29, 0.717) is 11.1 Å². The number of amidine groups is 1. The highest BCUT2D eigenvalue weighted by molar-refractivity contribution is 5.97. The number of aromatic nitrogens is 2.